The molecule has 0 N–H and O–H groups in total. The van der Waals surface area contributed by atoms with Gasteiger partial charge in [-0.1, -0.05) is 29.8 Å². The van der Waals surface area contributed by atoms with Gasteiger partial charge in [0.05, 0.1) is 0 Å². The zero-order valence-electron chi connectivity index (χ0n) is 7.08. The van der Waals surface area contributed by atoms with Crippen molar-refractivity contribution in [2.24, 2.45) is 7.05 Å². The summed E-state index contributed by atoms with van der Waals surface area (Å²) in [6.07, 6.45) is 1.83. The summed E-state index contributed by atoms with van der Waals surface area (Å²) in [7, 11) is 1.97. The van der Waals surface area contributed by atoms with E-state index >= 15 is 0 Å². The number of rotatable bonds is 2. The normalized spacial score (nSPS) is 16.4. The molecule has 0 aliphatic carbocycles. The Kier molecular flexibility index (Phi) is 2.71. The van der Waals surface area contributed by atoms with Crippen LogP contribution in [0.1, 0.15) is 25.5 Å². The minimum Gasteiger partial charge on any atom is -0.272 e. The Bertz CT molecular complexity index is 230. The average Bonchev–Trinajstić information content (AvgIpc) is 2.33. The van der Waals surface area contributed by atoms with E-state index in [1.165, 1.54) is 5.69 Å². The van der Waals surface area contributed by atoms with Gasteiger partial charge in [-0.05, 0) is 6.07 Å². The fraction of sp³-hybridized carbons (Fsp3) is 0.625. The van der Waals surface area contributed by atoms with Gasteiger partial charge in [-0.2, -0.15) is 5.10 Å². The van der Waals surface area contributed by atoms with E-state index in [0.717, 1.165) is 0 Å². The van der Waals surface area contributed by atoms with E-state index in [1.807, 2.05) is 17.9 Å². The Morgan fingerprint density at radius 2 is 2.18 bits per heavy atom. The Morgan fingerprint density at radius 1 is 1.55 bits per heavy atom. The number of aryl methyl sites for hydroxylation is 1. The van der Waals surface area contributed by atoms with Gasteiger partial charge in [-0.25, -0.2) is 0 Å². The molecule has 62 valence electrons. The molecule has 0 fully saturated rings. The number of hydrogen-bond acceptors (Lipinski definition) is 1. The number of hydrogen-bond donors (Lipinski definition) is 0. The van der Waals surface area contributed by atoms with Crippen LogP contribution < -0.4 is 0 Å². The summed E-state index contributed by atoms with van der Waals surface area (Å²) in [5.41, 5.74) is 1.27. The third-order valence-electron chi connectivity index (χ3n) is 2.01. The lowest BCUT2D eigenvalue weighted by atomic mass is 10.1. The number of nitrogens with zero attached hydrogens (tertiary/aromatic N) is 2. The predicted octanol–water partition coefficient (Wildman–Crippen LogP) is 2.31. The van der Waals surface area contributed by atoms with E-state index in [9.17, 15) is 0 Å². The molecule has 0 amide bonds. The van der Waals surface area contributed by atoms with Crippen LogP contribution in [0.3, 0.4) is 0 Å². The second-order valence-electron chi connectivity index (χ2n) is 2.85. The van der Waals surface area contributed by atoms with Crippen molar-refractivity contribution in [2.75, 3.05) is 0 Å². The largest absolute Gasteiger partial charge is 0.272 e. The summed E-state index contributed by atoms with van der Waals surface area (Å²) in [5.74, 6) is 0.516. The first kappa shape index (κ1) is 8.78. The lowest BCUT2D eigenvalue weighted by Gasteiger charge is -2.13. The zero-order chi connectivity index (χ0) is 8.43. The van der Waals surface area contributed by atoms with E-state index in [4.69, 9.17) is 0 Å². The molecule has 0 spiro atoms. The van der Waals surface area contributed by atoms with Gasteiger partial charge in [0.2, 0.25) is 0 Å². The minimum atomic E-state index is 0.498. The van der Waals surface area contributed by atoms with Crippen LogP contribution in [0, 0.1) is 0 Å². The molecular weight excluding hydrogens is 204 g/mol. The number of aromatic nitrogens is 2. The molecule has 0 radical (unpaired) electrons. The number of alkyl halides is 1. The van der Waals surface area contributed by atoms with Gasteiger partial charge in [0.15, 0.2) is 0 Å². The SMILES string of the molecule is CC(Br)C(C)c1ccnn1C. The van der Waals surface area contributed by atoms with Gasteiger partial charge >= 0.3 is 0 Å². The molecule has 1 heterocycles. The second-order valence-corrected chi connectivity index (χ2v) is 4.29. The van der Waals surface area contributed by atoms with Crippen LogP contribution in [-0.4, -0.2) is 14.6 Å². The Hall–Kier alpha value is -0.310. The molecule has 0 saturated carbocycles. The summed E-state index contributed by atoms with van der Waals surface area (Å²) < 4.78 is 1.92. The van der Waals surface area contributed by atoms with Gasteiger partial charge in [0.25, 0.3) is 0 Å². The molecule has 1 aromatic heterocycles. The molecule has 1 rings (SSSR count). The average molecular weight is 217 g/mol. The van der Waals surface area contributed by atoms with Gasteiger partial charge in [-0.3, -0.25) is 4.68 Å². The van der Waals surface area contributed by atoms with E-state index in [0.29, 0.717) is 10.7 Å². The molecule has 0 aromatic carbocycles. The predicted molar refractivity (Wildman–Crippen MR) is 50.0 cm³/mol. The quantitative estimate of drug-likeness (QED) is 0.695. The Morgan fingerprint density at radius 3 is 2.55 bits per heavy atom. The van der Waals surface area contributed by atoms with Crippen molar-refractivity contribution in [2.45, 2.75) is 24.6 Å². The second kappa shape index (κ2) is 3.39. The van der Waals surface area contributed by atoms with Crippen LogP contribution in [-0.2, 0) is 7.05 Å². The van der Waals surface area contributed by atoms with E-state index in [-0.39, 0.29) is 0 Å². The maximum atomic E-state index is 4.12. The monoisotopic (exact) mass is 216 g/mol. The van der Waals surface area contributed by atoms with Gasteiger partial charge in [-0.15, -0.1) is 0 Å². The van der Waals surface area contributed by atoms with Crippen molar-refractivity contribution in [1.29, 1.82) is 0 Å². The maximum absolute atomic E-state index is 4.12. The van der Waals surface area contributed by atoms with Crippen LogP contribution in [0.5, 0.6) is 0 Å². The van der Waals surface area contributed by atoms with Crippen molar-refractivity contribution in [3.63, 3.8) is 0 Å². The fourth-order valence-electron chi connectivity index (χ4n) is 1.07. The minimum absolute atomic E-state index is 0.498. The topological polar surface area (TPSA) is 17.8 Å². The van der Waals surface area contributed by atoms with Gasteiger partial charge in [0, 0.05) is 29.7 Å². The molecule has 0 saturated heterocycles. The third-order valence-corrected chi connectivity index (χ3v) is 2.81. The molecule has 11 heavy (non-hydrogen) atoms. The van der Waals surface area contributed by atoms with Gasteiger partial charge < -0.3 is 0 Å². The van der Waals surface area contributed by atoms with E-state index in [1.54, 1.807) is 0 Å². The smallest absolute Gasteiger partial charge is 0.0492 e. The van der Waals surface area contributed by atoms with Crippen LogP contribution in [0.15, 0.2) is 12.3 Å². The molecule has 2 nitrogen and oxygen atoms in total. The van der Waals surface area contributed by atoms with E-state index < -0.39 is 0 Å². The number of halogens is 1. The molecule has 0 aliphatic rings. The van der Waals surface area contributed by atoms with E-state index in [2.05, 4.69) is 40.9 Å². The first-order valence-electron chi connectivity index (χ1n) is 3.75. The van der Waals surface area contributed by atoms with Crippen LogP contribution in [0.4, 0.5) is 0 Å². The lowest BCUT2D eigenvalue weighted by Crippen LogP contribution is -2.09. The highest BCUT2D eigenvalue weighted by Crippen LogP contribution is 2.22. The Labute approximate surface area is 75.7 Å². The highest BCUT2D eigenvalue weighted by molar-refractivity contribution is 9.09. The summed E-state index contributed by atoms with van der Waals surface area (Å²) in [6, 6.07) is 2.06. The molecule has 3 heteroatoms. The maximum Gasteiger partial charge on any atom is 0.0492 e. The Balaban J connectivity index is 2.84. The van der Waals surface area contributed by atoms with Crippen molar-refractivity contribution in [3.8, 4) is 0 Å². The zero-order valence-corrected chi connectivity index (χ0v) is 8.67. The van der Waals surface area contributed by atoms with Crippen molar-refractivity contribution >= 4 is 15.9 Å². The fourth-order valence-corrected chi connectivity index (χ4v) is 1.34. The summed E-state index contributed by atoms with van der Waals surface area (Å²) in [6.45, 7) is 4.34. The highest BCUT2D eigenvalue weighted by atomic mass is 79.9. The summed E-state index contributed by atoms with van der Waals surface area (Å²) in [4.78, 5) is 0.498. The molecule has 2 unspecified atom stereocenters. The summed E-state index contributed by atoms with van der Waals surface area (Å²) in [5, 5.41) is 4.12. The lowest BCUT2D eigenvalue weighted by molar-refractivity contribution is 0.637. The van der Waals surface area contributed by atoms with Crippen molar-refractivity contribution in [3.05, 3.63) is 18.0 Å². The van der Waals surface area contributed by atoms with Crippen LogP contribution >= 0.6 is 15.9 Å². The van der Waals surface area contributed by atoms with Crippen LogP contribution in [0.25, 0.3) is 0 Å². The van der Waals surface area contributed by atoms with Crippen molar-refractivity contribution < 1.29 is 0 Å². The third kappa shape index (κ3) is 1.83. The molecule has 0 aliphatic heterocycles. The standard InChI is InChI=1S/C8H13BrN2/c1-6(7(2)9)8-4-5-10-11(8)3/h4-7H,1-3H3. The highest BCUT2D eigenvalue weighted by Gasteiger charge is 2.13. The molecule has 1 aromatic rings. The first-order valence-corrected chi connectivity index (χ1v) is 4.66. The van der Waals surface area contributed by atoms with Crippen LogP contribution in [0.2, 0.25) is 0 Å². The van der Waals surface area contributed by atoms with Gasteiger partial charge in [0.1, 0.15) is 0 Å². The summed E-state index contributed by atoms with van der Waals surface area (Å²) >= 11 is 3.55. The molecular formula is C8H13BrN2. The molecule has 2 atom stereocenters. The molecule has 0 bridgehead atoms. The van der Waals surface area contributed by atoms with Crippen molar-refractivity contribution in [1.82, 2.24) is 9.78 Å². The first-order chi connectivity index (χ1) is 5.13.